The van der Waals surface area contributed by atoms with Gasteiger partial charge in [-0.25, -0.2) is 14.4 Å². The van der Waals surface area contributed by atoms with Crippen molar-refractivity contribution in [2.24, 2.45) is 11.7 Å². The molecule has 0 fully saturated rings. The summed E-state index contributed by atoms with van der Waals surface area (Å²) in [5, 5.41) is 9.73. The Kier molecular flexibility index (Phi) is 16.3. The minimum absolute atomic E-state index is 0.133. The van der Waals surface area contributed by atoms with E-state index in [4.69, 9.17) is 34.2 Å². The monoisotopic (exact) mass is 597 g/mol. The zero-order valence-electron chi connectivity index (χ0n) is 25.6. The summed E-state index contributed by atoms with van der Waals surface area (Å²) < 4.78 is 31.4. The summed E-state index contributed by atoms with van der Waals surface area (Å²) in [6.45, 7) is 11.1. The largest absolute Gasteiger partial charge is 0.513 e. The molecular formula is C30H47NO11. The van der Waals surface area contributed by atoms with Crippen molar-refractivity contribution in [2.45, 2.75) is 104 Å². The van der Waals surface area contributed by atoms with Crippen molar-refractivity contribution < 1.29 is 52.7 Å². The van der Waals surface area contributed by atoms with Crippen LogP contribution in [0.4, 0.5) is 14.4 Å². The molecule has 0 spiro atoms. The molecule has 1 rings (SSSR count). The Morgan fingerprint density at radius 1 is 0.833 bits per heavy atom. The van der Waals surface area contributed by atoms with Crippen molar-refractivity contribution in [1.29, 1.82) is 0 Å². The van der Waals surface area contributed by atoms with Gasteiger partial charge in [0, 0.05) is 5.92 Å². The first-order valence-electron chi connectivity index (χ1n) is 14.5. The summed E-state index contributed by atoms with van der Waals surface area (Å²) in [5.74, 6) is -3.15. The van der Waals surface area contributed by atoms with Crippen LogP contribution in [0.5, 0.6) is 11.5 Å². The summed E-state index contributed by atoms with van der Waals surface area (Å²) in [6, 6.07) is 2.75. The van der Waals surface area contributed by atoms with Crippen molar-refractivity contribution >= 4 is 24.4 Å². The fourth-order valence-electron chi connectivity index (χ4n) is 3.82. The maximum atomic E-state index is 12.4. The lowest BCUT2D eigenvalue weighted by Gasteiger charge is -2.28. The number of unbranched alkanes of at least 4 members (excludes halogenated alkanes) is 4. The van der Waals surface area contributed by atoms with Gasteiger partial charge in [-0.2, -0.15) is 0 Å². The molecule has 0 aliphatic rings. The van der Waals surface area contributed by atoms with Crippen molar-refractivity contribution in [1.82, 2.24) is 0 Å². The van der Waals surface area contributed by atoms with Crippen LogP contribution in [0.2, 0.25) is 0 Å². The Bertz CT molecular complexity index is 1010. The molecule has 238 valence electrons. The fourth-order valence-corrected chi connectivity index (χ4v) is 3.82. The Labute approximate surface area is 248 Å². The van der Waals surface area contributed by atoms with Gasteiger partial charge in [0.1, 0.15) is 11.6 Å². The topological polar surface area (TPSA) is 170 Å². The van der Waals surface area contributed by atoms with E-state index in [1.807, 2.05) is 20.8 Å². The van der Waals surface area contributed by atoms with Crippen LogP contribution in [0.3, 0.4) is 0 Å². The van der Waals surface area contributed by atoms with Crippen molar-refractivity contribution in [3.8, 4) is 11.5 Å². The van der Waals surface area contributed by atoms with E-state index in [-0.39, 0.29) is 31.3 Å². The van der Waals surface area contributed by atoms with Gasteiger partial charge in [-0.05, 0) is 56.7 Å². The number of benzene rings is 1. The van der Waals surface area contributed by atoms with E-state index in [1.165, 1.54) is 18.2 Å². The standard InChI is InChI=1S/C30H47NO11/c1-7-10-12-16-37-27(34)40-22-15-14-21(18-23(22)41-28(35)38-17-13-11-8-2)24(25(31)26(32)33)20(4)19-39-29(36)42-30(5,6)9-3/h14-15,18,20,24-25H,7-13,16-17,19,31H2,1-6H3,(H,32,33)/t20?,24?,25-/m0/s1. The smallest absolute Gasteiger partial charge is 0.480 e. The number of hydrogen-bond donors (Lipinski definition) is 2. The number of carboxylic acids is 1. The van der Waals surface area contributed by atoms with Gasteiger partial charge >= 0.3 is 24.4 Å². The minimum Gasteiger partial charge on any atom is -0.480 e. The number of nitrogens with two attached hydrogens (primary N) is 1. The second-order valence-electron chi connectivity index (χ2n) is 10.7. The molecule has 0 aliphatic heterocycles. The highest BCUT2D eigenvalue weighted by Crippen LogP contribution is 2.36. The molecule has 2 unspecified atom stereocenters. The number of carbonyl (C=O) groups excluding carboxylic acids is 3. The van der Waals surface area contributed by atoms with Gasteiger partial charge in [-0.15, -0.1) is 0 Å². The Morgan fingerprint density at radius 2 is 1.38 bits per heavy atom. The van der Waals surface area contributed by atoms with Crippen LogP contribution in [-0.2, 0) is 23.7 Å². The third kappa shape index (κ3) is 13.4. The van der Waals surface area contributed by atoms with Crippen LogP contribution in [0.25, 0.3) is 0 Å². The van der Waals surface area contributed by atoms with Gasteiger partial charge in [-0.1, -0.05) is 59.4 Å². The number of hydrogen-bond acceptors (Lipinski definition) is 11. The highest BCUT2D eigenvalue weighted by Gasteiger charge is 2.33. The molecular weight excluding hydrogens is 550 g/mol. The molecule has 3 N–H and O–H groups in total. The summed E-state index contributed by atoms with van der Waals surface area (Å²) in [5.41, 5.74) is 5.66. The Balaban J connectivity index is 3.25. The molecule has 3 atom stereocenters. The molecule has 12 nitrogen and oxygen atoms in total. The number of carboxylic acid groups (broad SMARTS) is 1. The SMILES string of the molecule is CCCCCOC(=O)Oc1ccc(C(C(C)COC(=O)OC(C)(C)CC)[C@H](N)C(=O)O)cc1OC(=O)OCCCCC. The molecule has 0 amide bonds. The average Bonchev–Trinajstić information content (AvgIpc) is 2.93. The molecule has 12 heteroatoms. The van der Waals surface area contributed by atoms with Gasteiger partial charge < -0.3 is 39.3 Å². The van der Waals surface area contributed by atoms with Gasteiger partial charge in [0.2, 0.25) is 0 Å². The highest BCUT2D eigenvalue weighted by atomic mass is 16.7. The first-order chi connectivity index (χ1) is 19.8. The lowest BCUT2D eigenvalue weighted by molar-refractivity contribution is -0.139. The van der Waals surface area contributed by atoms with Crippen molar-refractivity contribution in [3.63, 3.8) is 0 Å². The van der Waals surface area contributed by atoms with E-state index in [1.54, 1.807) is 20.8 Å². The molecule has 0 saturated heterocycles. The van der Waals surface area contributed by atoms with Crippen LogP contribution in [0.15, 0.2) is 18.2 Å². The van der Waals surface area contributed by atoms with Crippen LogP contribution in [-0.4, -0.2) is 61.0 Å². The lowest BCUT2D eigenvalue weighted by Crippen LogP contribution is -2.41. The molecule has 42 heavy (non-hydrogen) atoms. The van der Waals surface area contributed by atoms with E-state index in [2.05, 4.69) is 0 Å². The van der Waals surface area contributed by atoms with Crippen molar-refractivity contribution in [3.05, 3.63) is 23.8 Å². The normalized spacial score (nSPS) is 13.3. The third-order valence-corrected chi connectivity index (χ3v) is 6.64. The maximum Gasteiger partial charge on any atom is 0.513 e. The number of carbonyl (C=O) groups is 4. The average molecular weight is 598 g/mol. The minimum atomic E-state index is -1.42. The van der Waals surface area contributed by atoms with Gasteiger partial charge in [0.25, 0.3) is 0 Å². The lowest BCUT2D eigenvalue weighted by atomic mass is 9.82. The third-order valence-electron chi connectivity index (χ3n) is 6.64. The fraction of sp³-hybridized carbons (Fsp3) is 0.667. The van der Waals surface area contributed by atoms with E-state index in [0.717, 1.165) is 25.7 Å². The first-order valence-corrected chi connectivity index (χ1v) is 14.5. The second-order valence-corrected chi connectivity index (χ2v) is 10.7. The molecule has 1 aromatic rings. The zero-order valence-corrected chi connectivity index (χ0v) is 25.6. The highest BCUT2D eigenvalue weighted by molar-refractivity contribution is 5.75. The molecule has 0 bridgehead atoms. The summed E-state index contributed by atoms with van der Waals surface area (Å²) >= 11 is 0. The number of ether oxygens (including phenoxy) is 6. The first kappa shape index (κ1) is 36.5. The van der Waals surface area contributed by atoms with Crippen molar-refractivity contribution in [2.75, 3.05) is 19.8 Å². The van der Waals surface area contributed by atoms with Crippen LogP contribution < -0.4 is 15.2 Å². The molecule has 1 aromatic carbocycles. The number of rotatable bonds is 18. The summed E-state index contributed by atoms with van der Waals surface area (Å²) in [7, 11) is 0. The Hall–Kier alpha value is -3.54. The van der Waals surface area contributed by atoms with Crippen LogP contribution in [0, 0.1) is 5.92 Å². The van der Waals surface area contributed by atoms with Crippen LogP contribution >= 0.6 is 0 Å². The van der Waals surface area contributed by atoms with E-state index in [9.17, 15) is 24.3 Å². The molecule has 0 aromatic heterocycles. The quantitative estimate of drug-likeness (QED) is 0.0808. The predicted molar refractivity (Wildman–Crippen MR) is 154 cm³/mol. The van der Waals surface area contributed by atoms with E-state index < -0.39 is 47.9 Å². The number of aliphatic carboxylic acids is 1. The van der Waals surface area contributed by atoms with E-state index >= 15 is 0 Å². The summed E-state index contributed by atoms with van der Waals surface area (Å²) in [4.78, 5) is 48.9. The van der Waals surface area contributed by atoms with Gasteiger partial charge in [0.15, 0.2) is 11.5 Å². The molecule has 0 saturated carbocycles. The predicted octanol–water partition coefficient (Wildman–Crippen LogP) is 6.57. The molecule has 0 radical (unpaired) electrons. The van der Waals surface area contributed by atoms with Crippen LogP contribution in [0.1, 0.15) is 98.0 Å². The van der Waals surface area contributed by atoms with Gasteiger partial charge in [0.05, 0.1) is 19.8 Å². The van der Waals surface area contributed by atoms with E-state index in [0.29, 0.717) is 24.8 Å². The molecule has 0 aliphatic carbocycles. The maximum absolute atomic E-state index is 12.4. The summed E-state index contributed by atoms with van der Waals surface area (Å²) in [6.07, 6.45) is 2.57. The Morgan fingerprint density at radius 3 is 1.88 bits per heavy atom. The molecule has 0 heterocycles. The van der Waals surface area contributed by atoms with Gasteiger partial charge in [-0.3, -0.25) is 4.79 Å². The second kappa shape index (κ2) is 18.8. The zero-order chi connectivity index (χ0) is 31.7.